The van der Waals surface area contributed by atoms with E-state index in [9.17, 15) is 20.4 Å². The summed E-state index contributed by atoms with van der Waals surface area (Å²) in [6.45, 7) is 1.40. The van der Waals surface area contributed by atoms with Crippen LogP contribution in [-0.4, -0.2) is 64.0 Å². The lowest BCUT2D eigenvalue weighted by Gasteiger charge is -2.40. The summed E-state index contributed by atoms with van der Waals surface area (Å²) in [5.41, 5.74) is 1.89. The Bertz CT molecular complexity index is 586. The van der Waals surface area contributed by atoms with E-state index in [2.05, 4.69) is 0 Å². The molecule has 2 heterocycles. The van der Waals surface area contributed by atoms with Crippen molar-refractivity contribution in [1.82, 2.24) is 0 Å². The topological polar surface area (TPSA) is 109 Å². The second-order valence-electron chi connectivity index (χ2n) is 5.67. The highest BCUT2D eigenvalue weighted by Crippen LogP contribution is 2.33. The van der Waals surface area contributed by atoms with Gasteiger partial charge in [-0.05, 0) is 24.6 Å². The first-order chi connectivity index (χ1) is 11.0. The van der Waals surface area contributed by atoms with Gasteiger partial charge in [0.05, 0.1) is 6.61 Å². The van der Waals surface area contributed by atoms with Gasteiger partial charge in [-0.25, -0.2) is 0 Å². The lowest BCUT2D eigenvalue weighted by molar-refractivity contribution is -0.321. The largest absolute Gasteiger partial charge is 0.461 e. The first kappa shape index (κ1) is 16.4. The molecule has 0 radical (unpaired) electrons. The third-order valence-electron chi connectivity index (χ3n) is 4.06. The van der Waals surface area contributed by atoms with Gasteiger partial charge in [0.15, 0.2) is 6.29 Å². The first-order valence-corrected chi connectivity index (χ1v) is 7.41. The second kappa shape index (κ2) is 6.56. The molecule has 23 heavy (non-hydrogen) atoms. The number of aliphatic hydroxyl groups is 4. The predicted octanol–water partition coefficient (Wildman–Crippen LogP) is -0.375. The van der Waals surface area contributed by atoms with E-state index in [1.54, 1.807) is 12.1 Å². The highest BCUT2D eigenvalue weighted by atomic mass is 16.8. The molecule has 3 rings (SSSR count). The Hall–Kier alpha value is -1.48. The van der Waals surface area contributed by atoms with E-state index in [1.165, 1.54) is 0 Å². The first-order valence-electron chi connectivity index (χ1n) is 7.41. The Morgan fingerprint density at radius 3 is 2.57 bits per heavy atom. The van der Waals surface area contributed by atoms with Crippen LogP contribution < -0.4 is 4.74 Å². The van der Waals surface area contributed by atoms with Gasteiger partial charge in [-0.3, -0.25) is 0 Å². The summed E-state index contributed by atoms with van der Waals surface area (Å²) in [4.78, 5) is 0. The third-order valence-corrected chi connectivity index (χ3v) is 4.06. The molecule has 0 aromatic heterocycles. The minimum Gasteiger partial charge on any atom is -0.461 e. The van der Waals surface area contributed by atoms with Gasteiger partial charge in [0.1, 0.15) is 30.2 Å². The molecule has 126 valence electrons. The van der Waals surface area contributed by atoms with Crippen LogP contribution in [0.3, 0.4) is 0 Å². The lowest BCUT2D eigenvalue weighted by atomic mass is 9.99. The van der Waals surface area contributed by atoms with Gasteiger partial charge in [-0.15, -0.1) is 0 Å². The average molecular weight is 324 g/mol. The molecule has 1 aromatic rings. The molecule has 0 saturated carbocycles. The lowest BCUT2D eigenvalue weighted by Crippen LogP contribution is -2.59. The number of fused-ring (bicyclic) bond motifs is 1. The molecule has 0 amide bonds. The third kappa shape index (κ3) is 3.12. The minimum atomic E-state index is -1.48. The fourth-order valence-electron chi connectivity index (χ4n) is 2.73. The Morgan fingerprint density at radius 1 is 1.09 bits per heavy atom. The Balaban J connectivity index is 1.74. The molecule has 7 nitrogen and oxygen atoms in total. The molecule has 1 fully saturated rings. The summed E-state index contributed by atoms with van der Waals surface area (Å²) in [5, 5.41) is 38.7. The number of ether oxygens (including phenoxy) is 3. The molecule has 6 atom stereocenters. The van der Waals surface area contributed by atoms with E-state index in [0.717, 1.165) is 11.1 Å². The van der Waals surface area contributed by atoms with Crippen molar-refractivity contribution < 1.29 is 34.6 Å². The molecule has 1 unspecified atom stereocenters. The fraction of sp³-hybridized carbons (Fsp3) is 0.500. The van der Waals surface area contributed by atoms with Crippen molar-refractivity contribution in [2.45, 2.75) is 43.9 Å². The van der Waals surface area contributed by atoms with Crippen LogP contribution in [0.15, 0.2) is 30.3 Å². The predicted molar refractivity (Wildman–Crippen MR) is 79.4 cm³/mol. The van der Waals surface area contributed by atoms with Crippen LogP contribution in [0.25, 0.3) is 5.57 Å². The molecule has 2 aliphatic heterocycles. The number of hydrogen-bond acceptors (Lipinski definition) is 7. The molecule has 1 saturated heterocycles. The zero-order valence-electron chi connectivity index (χ0n) is 12.6. The summed E-state index contributed by atoms with van der Waals surface area (Å²) >= 11 is 0. The van der Waals surface area contributed by atoms with Crippen LogP contribution in [0, 0.1) is 0 Å². The standard InChI is InChI=1S/C16H20O7/c1-8-6-12(21-10-5-3-2-4-9(8)10)23-16-15(20)14(19)13(18)11(7-17)22-16/h2-6,11-20H,7H2,1H3/t11-,12?,13+,14+,15-,16+/m1/s1. The Kier molecular flexibility index (Phi) is 4.67. The molecule has 4 N–H and O–H groups in total. The number of hydrogen-bond donors (Lipinski definition) is 4. The maximum absolute atomic E-state index is 10.00. The maximum Gasteiger partial charge on any atom is 0.222 e. The number of benzene rings is 1. The van der Waals surface area contributed by atoms with E-state index in [-0.39, 0.29) is 0 Å². The summed E-state index contributed by atoms with van der Waals surface area (Å²) in [6.07, 6.45) is -5.69. The minimum absolute atomic E-state index is 0.506. The average Bonchev–Trinajstić information content (AvgIpc) is 2.55. The molecule has 1 aromatic carbocycles. The highest BCUT2D eigenvalue weighted by Gasteiger charge is 2.45. The highest BCUT2D eigenvalue weighted by molar-refractivity contribution is 5.70. The van der Waals surface area contributed by atoms with E-state index in [4.69, 9.17) is 14.2 Å². The molecule has 0 spiro atoms. The van der Waals surface area contributed by atoms with Crippen molar-refractivity contribution in [2.24, 2.45) is 0 Å². The maximum atomic E-state index is 10.00. The van der Waals surface area contributed by atoms with Crippen LogP contribution in [-0.2, 0) is 9.47 Å². The number of para-hydroxylation sites is 1. The molecule has 2 aliphatic rings. The van der Waals surface area contributed by atoms with Gasteiger partial charge < -0.3 is 34.6 Å². The summed E-state index contributed by atoms with van der Waals surface area (Å²) in [6, 6.07) is 7.46. The second-order valence-corrected chi connectivity index (χ2v) is 5.67. The molecular weight excluding hydrogens is 304 g/mol. The molecule has 0 aliphatic carbocycles. The van der Waals surface area contributed by atoms with Crippen molar-refractivity contribution in [3.8, 4) is 5.75 Å². The number of allylic oxidation sites excluding steroid dienone is 1. The van der Waals surface area contributed by atoms with Crippen LogP contribution in [0.1, 0.15) is 12.5 Å². The van der Waals surface area contributed by atoms with Crippen LogP contribution in [0.2, 0.25) is 0 Å². The van der Waals surface area contributed by atoms with Crippen molar-refractivity contribution >= 4 is 5.57 Å². The van der Waals surface area contributed by atoms with Crippen molar-refractivity contribution in [2.75, 3.05) is 6.61 Å². The zero-order chi connectivity index (χ0) is 16.6. The van der Waals surface area contributed by atoms with Crippen molar-refractivity contribution in [1.29, 1.82) is 0 Å². The van der Waals surface area contributed by atoms with E-state index >= 15 is 0 Å². The molecule has 0 bridgehead atoms. The van der Waals surface area contributed by atoms with Gasteiger partial charge >= 0.3 is 0 Å². The summed E-state index contributed by atoms with van der Waals surface area (Å²) in [7, 11) is 0. The molecular formula is C16H20O7. The monoisotopic (exact) mass is 324 g/mol. The Labute approximate surface area is 133 Å². The van der Waals surface area contributed by atoms with Gasteiger partial charge in [-0.2, -0.15) is 0 Å². The van der Waals surface area contributed by atoms with E-state index in [0.29, 0.717) is 5.75 Å². The van der Waals surface area contributed by atoms with E-state index in [1.807, 2.05) is 25.1 Å². The van der Waals surface area contributed by atoms with Crippen molar-refractivity contribution in [3.05, 3.63) is 35.9 Å². The zero-order valence-corrected chi connectivity index (χ0v) is 12.6. The Morgan fingerprint density at radius 2 is 1.83 bits per heavy atom. The summed E-state index contributed by atoms with van der Waals surface area (Å²) in [5.74, 6) is 0.641. The van der Waals surface area contributed by atoms with Gasteiger partial charge in [0, 0.05) is 5.56 Å². The molecule has 7 heteroatoms. The van der Waals surface area contributed by atoms with Crippen molar-refractivity contribution in [3.63, 3.8) is 0 Å². The fourth-order valence-corrected chi connectivity index (χ4v) is 2.73. The quantitative estimate of drug-likeness (QED) is 0.600. The smallest absolute Gasteiger partial charge is 0.222 e. The van der Waals surface area contributed by atoms with Gasteiger partial charge in [-0.1, -0.05) is 18.2 Å². The van der Waals surface area contributed by atoms with Crippen LogP contribution >= 0.6 is 0 Å². The number of aliphatic hydroxyl groups excluding tert-OH is 4. The number of rotatable bonds is 3. The van der Waals surface area contributed by atoms with Gasteiger partial charge in [0.2, 0.25) is 6.29 Å². The normalized spacial score (nSPS) is 36.8. The summed E-state index contributed by atoms with van der Waals surface area (Å²) < 4.78 is 16.6. The van der Waals surface area contributed by atoms with Crippen LogP contribution in [0.4, 0.5) is 0 Å². The SMILES string of the molecule is CC1=CC(O[C@@H]2O[C@H](CO)[C@H](O)[C@H](O)[C@H]2O)Oc2ccccc21. The van der Waals surface area contributed by atoms with Gasteiger partial charge in [0.25, 0.3) is 0 Å². The van der Waals surface area contributed by atoms with E-state index < -0.39 is 43.6 Å². The van der Waals surface area contributed by atoms with Crippen LogP contribution in [0.5, 0.6) is 5.75 Å².